The van der Waals surface area contributed by atoms with Gasteiger partial charge in [-0.25, -0.2) is 14.8 Å². The predicted molar refractivity (Wildman–Crippen MR) is 95.6 cm³/mol. The lowest BCUT2D eigenvalue weighted by Gasteiger charge is -2.03. The summed E-state index contributed by atoms with van der Waals surface area (Å²) in [5, 5.41) is 11.7. The van der Waals surface area contributed by atoms with Gasteiger partial charge in [0.15, 0.2) is 0 Å². The van der Waals surface area contributed by atoms with E-state index in [-0.39, 0.29) is 6.54 Å². The van der Waals surface area contributed by atoms with Gasteiger partial charge < -0.3 is 10.4 Å². The molecule has 25 heavy (non-hydrogen) atoms. The third-order valence-electron chi connectivity index (χ3n) is 3.22. The maximum Gasteiger partial charge on any atom is 0.404 e. The number of amides is 1. The van der Waals surface area contributed by atoms with Crippen molar-refractivity contribution in [1.82, 2.24) is 15.3 Å². The minimum absolute atomic E-state index is 0.257. The molecule has 0 unspecified atom stereocenters. The zero-order valence-corrected chi connectivity index (χ0v) is 14.6. The molecule has 0 bridgehead atoms. The summed E-state index contributed by atoms with van der Waals surface area (Å²) in [6.45, 7) is 0.257. The summed E-state index contributed by atoms with van der Waals surface area (Å²) < 4.78 is 15.0. The highest BCUT2D eigenvalue weighted by Gasteiger charge is 2.18. The van der Waals surface area contributed by atoms with Crippen LogP contribution in [0, 0.1) is 5.95 Å². The molecule has 1 amide bonds. The van der Waals surface area contributed by atoms with E-state index in [1.54, 1.807) is 12.1 Å². The monoisotopic (exact) mass is 375 g/mol. The summed E-state index contributed by atoms with van der Waals surface area (Å²) in [6, 6.07) is 13.1. The highest BCUT2D eigenvalue weighted by atomic mass is 32.2. The Hall–Kier alpha value is -2.45. The van der Waals surface area contributed by atoms with Crippen molar-refractivity contribution in [2.75, 3.05) is 6.54 Å². The van der Waals surface area contributed by atoms with E-state index in [9.17, 15) is 9.18 Å². The molecule has 1 aromatic carbocycles. The molecule has 2 heterocycles. The van der Waals surface area contributed by atoms with Crippen molar-refractivity contribution in [3.8, 4) is 11.3 Å². The van der Waals surface area contributed by atoms with E-state index in [2.05, 4.69) is 15.3 Å². The van der Waals surface area contributed by atoms with E-state index in [1.165, 1.54) is 29.3 Å². The van der Waals surface area contributed by atoms with Crippen LogP contribution in [0.25, 0.3) is 11.3 Å². The topological polar surface area (TPSA) is 75.1 Å². The number of thiazole rings is 1. The first-order valence-corrected chi connectivity index (χ1v) is 9.07. The molecule has 0 aliphatic rings. The maximum absolute atomic E-state index is 14.1. The number of carbonyl (C=O) groups is 1. The summed E-state index contributed by atoms with van der Waals surface area (Å²) in [6.07, 6.45) is 0.766. The van der Waals surface area contributed by atoms with E-state index in [0.29, 0.717) is 17.7 Å². The average molecular weight is 375 g/mol. The number of rotatable bonds is 6. The second-order valence-electron chi connectivity index (χ2n) is 4.98. The molecule has 3 aromatic rings. The van der Waals surface area contributed by atoms with Crippen molar-refractivity contribution < 1.29 is 14.3 Å². The van der Waals surface area contributed by atoms with Gasteiger partial charge in [-0.3, -0.25) is 0 Å². The van der Waals surface area contributed by atoms with Crippen molar-refractivity contribution in [1.29, 1.82) is 0 Å². The average Bonchev–Trinajstić information content (AvgIpc) is 2.98. The van der Waals surface area contributed by atoms with E-state index in [1.807, 2.05) is 30.3 Å². The quantitative estimate of drug-likeness (QED) is 0.628. The number of hydrogen-bond donors (Lipinski definition) is 2. The summed E-state index contributed by atoms with van der Waals surface area (Å²) in [5.74, 6) is -0.571. The molecule has 0 aliphatic carbocycles. The number of pyridine rings is 1. The molecule has 8 heteroatoms. The van der Waals surface area contributed by atoms with Gasteiger partial charge in [-0.2, -0.15) is 4.39 Å². The molecule has 2 N–H and O–H groups in total. The van der Waals surface area contributed by atoms with Gasteiger partial charge in [0.1, 0.15) is 5.69 Å². The van der Waals surface area contributed by atoms with Gasteiger partial charge in [-0.15, -0.1) is 11.3 Å². The van der Waals surface area contributed by atoms with Crippen LogP contribution in [0.15, 0.2) is 57.8 Å². The number of benzene rings is 1. The van der Waals surface area contributed by atoms with Crippen molar-refractivity contribution in [2.45, 2.75) is 15.5 Å². The van der Waals surface area contributed by atoms with Crippen molar-refractivity contribution in [3.05, 3.63) is 59.6 Å². The molecule has 2 aromatic heterocycles. The molecule has 3 rings (SSSR count). The Morgan fingerprint density at radius 1 is 1.24 bits per heavy atom. The number of nitrogens with zero attached hydrogens (tertiary/aromatic N) is 2. The van der Waals surface area contributed by atoms with Crippen LogP contribution in [0.2, 0.25) is 0 Å². The van der Waals surface area contributed by atoms with E-state index in [0.717, 1.165) is 14.1 Å². The highest BCUT2D eigenvalue weighted by molar-refractivity contribution is 8.01. The molecule has 0 saturated heterocycles. The summed E-state index contributed by atoms with van der Waals surface area (Å²) in [5.41, 5.74) is 0.879. The predicted octanol–water partition coefficient (Wildman–Crippen LogP) is 4.31. The lowest BCUT2D eigenvalue weighted by atomic mass is 10.2. The van der Waals surface area contributed by atoms with E-state index >= 15 is 0 Å². The third-order valence-corrected chi connectivity index (χ3v) is 5.52. The lowest BCUT2D eigenvalue weighted by Crippen LogP contribution is -2.23. The standard InChI is InChI=1S/C17H14FN3O2S2/c18-15-12(7-4-9-19-15)14-16(24-11-5-2-1-3-6-11)25-13(21-14)8-10-20-17(22)23/h1-7,9,20H,8,10H2,(H,22,23). The number of hydrogen-bond acceptors (Lipinski definition) is 5. The number of nitrogens with one attached hydrogen (secondary N) is 1. The van der Waals surface area contributed by atoms with Crippen molar-refractivity contribution in [3.63, 3.8) is 0 Å². The maximum atomic E-state index is 14.1. The fraction of sp³-hybridized carbons (Fsp3) is 0.118. The Balaban J connectivity index is 1.92. The fourth-order valence-electron chi connectivity index (χ4n) is 2.13. The Morgan fingerprint density at radius 3 is 2.76 bits per heavy atom. The molecular weight excluding hydrogens is 361 g/mol. The largest absolute Gasteiger partial charge is 0.465 e. The van der Waals surface area contributed by atoms with Crippen LogP contribution in [0.4, 0.5) is 9.18 Å². The molecule has 0 saturated carbocycles. The SMILES string of the molecule is O=C(O)NCCc1nc(-c2cccnc2F)c(Sc2ccccc2)s1. The van der Waals surface area contributed by atoms with Crippen LogP contribution >= 0.6 is 23.1 Å². The smallest absolute Gasteiger partial charge is 0.404 e. The molecule has 5 nitrogen and oxygen atoms in total. The van der Waals surface area contributed by atoms with Crippen LogP contribution in [0.5, 0.6) is 0 Å². The summed E-state index contributed by atoms with van der Waals surface area (Å²) >= 11 is 2.94. The van der Waals surface area contributed by atoms with E-state index in [4.69, 9.17) is 5.11 Å². The van der Waals surface area contributed by atoms with Crippen LogP contribution in [0.1, 0.15) is 5.01 Å². The molecule has 128 valence electrons. The van der Waals surface area contributed by atoms with Crippen LogP contribution in [-0.2, 0) is 6.42 Å². The van der Waals surface area contributed by atoms with Gasteiger partial charge in [0.25, 0.3) is 0 Å². The Kier molecular flexibility index (Phi) is 5.62. The zero-order valence-electron chi connectivity index (χ0n) is 13.0. The van der Waals surface area contributed by atoms with E-state index < -0.39 is 12.0 Å². The summed E-state index contributed by atoms with van der Waals surface area (Å²) in [4.78, 5) is 19.8. The zero-order chi connectivity index (χ0) is 17.6. The molecule has 0 spiro atoms. The Bertz CT molecular complexity index is 871. The van der Waals surface area contributed by atoms with Gasteiger partial charge in [-0.1, -0.05) is 30.0 Å². The second-order valence-corrected chi connectivity index (χ2v) is 7.41. The fourth-order valence-corrected chi connectivity index (χ4v) is 4.44. The van der Waals surface area contributed by atoms with Gasteiger partial charge >= 0.3 is 6.09 Å². The van der Waals surface area contributed by atoms with Gasteiger partial charge in [0.05, 0.1) is 14.8 Å². The normalized spacial score (nSPS) is 10.6. The molecule has 0 radical (unpaired) electrons. The first-order chi connectivity index (χ1) is 12.1. The number of halogens is 1. The molecule has 0 fully saturated rings. The first kappa shape index (κ1) is 17.4. The van der Waals surface area contributed by atoms with Crippen LogP contribution < -0.4 is 5.32 Å². The van der Waals surface area contributed by atoms with Crippen LogP contribution in [0.3, 0.4) is 0 Å². The summed E-state index contributed by atoms with van der Waals surface area (Å²) in [7, 11) is 0. The minimum atomic E-state index is -1.08. The van der Waals surface area contributed by atoms with Crippen LogP contribution in [-0.4, -0.2) is 27.7 Å². The van der Waals surface area contributed by atoms with Crippen molar-refractivity contribution in [2.24, 2.45) is 0 Å². The van der Waals surface area contributed by atoms with Gasteiger partial charge in [-0.05, 0) is 24.3 Å². The molecular formula is C17H14FN3O2S2. The minimum Gasteiger partial charge on any atom is -0.465 e. The molecule has 0 aliphatic heterocycles. The second kappa shape index (κ2) is 8.09. The van der Waals surface area contributed by atoms with Gasteiger partial charge in [0, 0.05) is 24.1 Å². The Morgan fingerprint density at radius 2 is 2.04 bits per heavy atom. The molecule has 0 atom stereocenters. The first-order valence-electron chi connectivity index (χ1n) is 7.44. The highest BCUT2D eigenvalue weighted by Crippen LogP contribution is 2.40. The third kappa shape index (κ3) is 4.55. The van der Waals surface area contributed by atoms with Crippen molar-refractivity contribution >= 4 is 29.2 Å². The number of aromatic nitrogens is 2. The Labute approximate surface area is 152 Å². The lowest BCUT2D eigenvalue weighted by molar-refractivity contribution is 0.194. The van der Waals surface area contributed by atoms with Gasteiger partial charge in [0.2, 0.25) is 5.95 Å². The number of carboxylic acid groups (broad SMARTS) is 1.